The molecule has 2 heterocycles. The number of rotatable bonds is 6. The van der Waals surface area contributed by atoms with E-state index in [1.54, 1.807) is 6.92 Å². The van der Waals surface area contributed by atoms with E-state index < -0.39 is 28.8 Å². The van der Waals surface area contributed by atoms with E-state index in [0.29, 0.717) is 10.4 Å². The van der Waals surface area contributed by atoms with Crippen molar-refractivity contribution in [2.75, 3.05) is 12.4 Å². The van der Waals surface area contributed by atoms with Gasteiger partial charge >= 0.3 is 0 Å². The average Bonchev–Trinajstić information content (AvgIpc) is 3.01. The van der Waals surface area contributed by atoms with Gasteiger partial charge in [0.2, 0.25) is 5.91 Å². The zero-order chi connectivity index (χ0) is 21.3. The number of aryl methyl sites for hydroxylation is 1. The number of nitrogens with one attached hydrogen (secondary N) is 1. The summed E-state index contributed by atoms with van der Waals surface area (Å²) in [5, 5.41) is 13.8. The summed E-state index contributed by atoms with van der Waals surface area (Å²) in [6.07, 6.45) is 1.17. The maximum Gasteiger partial charge on any atom is 0.296 e. The molecule has 3 aromatic rings. The zero-order valence-electron chi connectivity index (χ0n) is 15.3. The van der Waals surface area contributed by atoms with Crippen molar-refractivity contribution in [2.45, 2.75) is 13.5 Å². The molecule has 1 aromatic carbocycles. The van der Waals surface area contributed by atoms with Crippen LogP contribution in [0.25, 0.3) is 10.2 Å². The molecule has 3 N–H and O–H groups in total. The lowest BCUT2D eigenvalue weighted by Crippen LogP contribution is -2.28. The zero-order valence-corrected chi connectivity index (χ0v) is 16.1. The van der Waals surface area contributed by atoms with Crippen molar-refractivity contribution < 1.29 is 19.2 Å². The van der Waals surface area contributed by atoms with Gasteiger partial charge in [-0.25, -0.2) is 4.98 Å². The maximum absolute atomic E-state index is 12.7. The number of primary amides is 1. The summed E-state index contributed by atoms with van der Waals surface area (Å²) in [7, 11) is 1.36. The van der Waals surface area contributed by atoms with Crippen molar-refractivity contribution in [3.63, 3.8) is 0 Å². The number of anilines is 1. The number of fused-ring (bicyclic) bond motifs is 1. The van der Waals surface area contributed by atoms with Gasteiger partial charge in [0, 0.05) is 0 Å². The third-order valence-corrected chi connectivity index (χ3v) is 5.35. The highest BCUT2D eigenvalue weighted by Crippen LogP contribution is 2.29. The van der Waals surface area contributed by atoms with Gasteiger partial charge in [0.25, 0.3) is 17.2 Å². The van der Waals surface area contributed by atoms with Gasteiger partial charge in [-0.1, -0.05) is 0 Å². The van der Waals surface area contributed by atoms with Crippen LogP contribution in [0, 0.1) is 17.0 Å². The fraction of sp³-hybridized carbons (Fsp3) is 0.176. The summed E-state index contributed by atoms with van der Waals surface area (Å²) >= 11 is 0.999. The van der Waals surface area contributed by atoms with E-state index in [9.17, 15) is 24.5 Å². The van der Waals surface area contributed by atoms with Crippen LogP contribution in [0.2, 0.25) is 0 Å². The lowest BCUT2D eigenvalue weighted by atomic mass is 10.2. The van der Waals surface area contributed by atoms with Crippen LogP contribution in [0.4, 0.5) is 11.4 Å². The normalized spacial score (nSPS) is 10.7. The number of nitro benzene ring substituents is 1. The second-order valence-corrected chi connectivity index (χ2v) is 6.97. The van der Waals surface area contributed by atoms with Gasteiger partial charge in [0.1, 0.15) is 22.8 Å². The van der Waals surface area contributed by atoms with Gasteiger partial charge in [-0.2, -0.15) is 0 Å². The molecule has 0 spiro atoms. The highest BCUT2D eigenvalue weighted by molar-refractivity contribution is 7.20. The number of carbonyl (C=O) groups is 2. The summed E-state index contributed by atoms with van der Waals surface area (Å²) in [6.45, 7) is 1.15. The number of hydrogen-bond donors (Lipinski definition) is 2. The Kier molecular flexibility index (Phi) is 5.28. The highest BCUT2D eigenvalue weighted by atomic mass is 32.1. The molecule has 0 saturated heterocycles. The number of carbonyl (C=O) groups excluding carboxylic acids is 2. The van der Waals surface area contributed by atoms with E-state index in [0.717, 1.165) is 15.9 Å². The van der Waals surface area contributed by atoms with Crippen molar-refractivity contribution in [2.24, 2.45) is 5.73 Å². The number of ether oxygens (including phenoxy) is 1. The maximum atomic E-state index is 12.7. The molecule has 0 unspecified atom stereocenters. The molecule has 0 aliphatic heterocycles. The van der Waals surface area contributed by atoms with Crippen LogP contribution < -0.4 is 21.3 Å². The number of methoxy groups -OCH3 is 1. The number of aromatic nitrogens is 2. The fourth-order valence-electron chi connectivity index (χ4n) is 2.75. The second-order valence-electron chi connectivity index (χ2n) is 5.97. The first-order valence-corrected chi connectivity index (χ1v) is 8.95. The summed E-state index contributed by atoms with van der Waals surface area (Å²) < 4.78 is 6.00. The van der Waals surface area contributed by atoms with Crippen LogP contribution in [-0.4, -0.2) is 33.4 Å². The molecule has 0 saturated carbocycles. The molecule has 0 aliphatic carbocycles. The van der Waals surface area contributed by atoms with E-state index in [-0.39, 0.29) is 27.4 Å². The van der Waals surface area contributed by atoms with Crippen LogP contribution in [0.1, 0.15) is 15.2 Å². The summed E-state index contributed by atoms with van der Waals surface area (Å²) in [5.74, 6) is -1.07. The van der Waals surface area contributed by atoms with Crippen LogP contribution in [-0.2, 0) is 11.3 Å². The Morgan fingerprint density at radius 3 is 2.76 bits per heavy atom. The summed E-state index contributed by atoms with van der Waals surface area (Å²) in [4.78, 5) is 51.8. The number of nitrogens with zero attached hydrogens (tertiary/aromatic N) is 3. The first-order valence-electron chi connectivity index (χ1n) is 8.13. The minimum Gasteiger partial charge on any atom is -0.496 e. The number of benzene rings is 1. The van der Waals surface area contributed by atoms with E-state index in [4.69, 9.17) is 10.5 Å². The number of thiophene rings is 1. The molecule has 29 heavy (non-hydrogen) atoms. The Hall–Kier alpha value is -3.80. The third-order valence-electron chi connectivity index (χ3n) is 4.13. The first-order chi connectivity index (χ1) is 13.7. The lowest BCUT2D eigenvalue weighted by Gasteiger charge is -2.09. The molecule has 150 valence electrons. The van der Waals surface area contributed by atoms with E-state index in [1.807, 2.05) is 0 Å². The molecule has 0 atom stereocenters. The van der Waals surface area contributed by atoms with E-state index >= 15 is 0 Å². The predicted molar refractivity (Wildman–Crippen MR) is 105 cm³/mol. The third kappa shape index (κ3) is 3.78. The van der Waals surface area contributed by atoms with E-state index in [1.165, 1.54) is 31.6 Å². The van der Waals surface area contributed by atoms with Crippen molar-refractivity contribution >= 4 is 44.7 Å². The van der Waals surface area contributed by atoms with Gasteiger partial charge in [0.05, 0.1) is 34.7 Å². The van der Waals surface area contributed by atoms with Crippen LogP contribution in [0.5, 0.6) is 5.75 Å². The Bertz CT molecular complexity index is 1210. The number of nitro groups is 1. The summed E-state index contributed by atoms with van der Waals surface area (Å²) in [6, 6.07) is 3.97. The molecule has 3 rings (SSSR count). The first kappa shape index (κ1) is 19.9. The molecule has 0 fully saturated rings. The molecular formula is C17H15N5O6S. The molecular weight excluding hydrogens is 402 g/mol. The topological polar surface area (TPSA) is 159 Å². The highest BCUT2D eigenvalue weighted by Gasteiger charge is 2.20. The monoisotopic (exact) mass is 417 g/mol. The number of amides is 2. The Morgan fingerprint density at radius 2 is 2.14 bits per heavy atom. The second kappa shape index (κ2) is 7.67. The van der Waals surface area contributed by atoms with Gasteiger partial charge < -0.3 is 15.8 Å². The minimum absolute atomic E-state index is 0.0365. The van der Waals surface area contributed by atoms with Crippen LogP contribution in [0.3, 0.4) is 0 Å². The molecule has 0 aliphatic rings. The van der Waals surface area contributed by atoms with Crippen LogP contribution in [0.15, 0.2) is 29.3 Å². The quantitative estimate of drug-likeness (QED) is 0.453. The Balaban J connectivity index is 1.90. The molecule has 0 radical (unpaired) electrons. The van der Waals surface area contributed by atoms with Crippen molar-refractivity contribution in [3.05, 3.63) is 55.4 Å². The molecule has 11 nitrogen and oxygen atoms in total. The number of nitrogens with two attached hydrogens (primary N) is 1. The number of hydrogen-bond acceptors (Lipinski definition) is 8. The predicted octanol–water partition coefficient (Wildman–Crippen LogP) is 1.42. The van der Waals surface area contributed by atoms with Gasteiger partial charge in [0.15, 0.2) is 0 Å². The Labute approximate surface area is 166 Å². The van der Waals surface area contributed by atoms with Gasteiger partial charge in [-0.3, -0.25) is 29.1 Å². The molecule has 12 heteroatoms. The molecule has 2 aromatic heterocycles. The van der Waals surface area contributed by atoms with Gasteiger partial charge in [-0.15, -0.1) is 11.3 Å². The van der Waals surface area contributed by atoms with E-state index in [2.05, 4.69) is 10.3 Å². The standard InChI is InChI=1S/C17H15N5O6S/c1-8-13-16(29-14(8)15(18)24)19-7-21(17(13)25)6-12(23)20-10-4-3-9(28-2)5-11(10)22(26)27/h3-5,7H,6H2,1-2H3,(H2,18,24)(H,20,23). The van der Waals surface area contributed by atoms with Gasteiger partial charge in [-0.05, 0) is 24.6 Å². The molecule has 2 amide bonds. The SMILES string of the molecule is COc1ccc(NC(=O)Cn2cnc3sc(C(N)=O)c(C)c3c2=O)c([N+](=O)[O-])c1. The largest absolute Gasteiger partial charge is 0.496 e. The fourth-order valence-corrected chi connectivity index (χ4v) is 3.74. The minimum atomic E-state index is -0.666. The Morgan fingerprint density at radius 1 is 1.41 bits per heavy atom. The average molecular weight is 417 g/mol. The molecule has 0 bridgehead atoms. The van der Waals surface area contributed by atoms with Crippen molar-refractivity contribution in [1.82, 2.24) is 9.55 Å². The summed E-state index contributed by atoms with van der Waals surface area (Å²) in [5.41, 5.74) is 4.79. The van der Waals surface area contributed by atoms with Crippen LogP contribution >= 0.6 is 11.3 Å². The van der Waals surface area contributed by atoms with Crippen molar-refractivity contribution in [1.29, 1.82) is 0 Å². The smallest absolute Gasteiger partial charge is 0.296 e. The van der Waals surface area contributed by atoms with Crippen molar-refractivity contribution in [3.8, 4) is 5.75 Å². The lowest BCUT2D eigenvalue weighted by molar-refractivity contribution is -0.384.